The molecule has 0 aliphatic carbocycles. The molecule has 5 nitrogen and oxygen atoms in total. The van der Waals surface area contributed by atoms with E-state index in [2.05, 4.69) is 10.6 Å². The summed E-state index contributed by atoms with van der Waals surface area (Å²) in [4.78, 5) is 12.3. The number of hydrogen-bond donors (Lipinski definition) is 2. The first-order valence-electron chi connectivity index (χ1n) is 7.75. The van der Waals surface area contributed by atoms with Crippen molar-refractivity contribution < 1.29 is 14.3 Å². The van der Waals surface area contributed by atoms with Gasteiger partial charge >= 0.3 is 0 Å². The van der Waals surface area contributed by atoms with Crippen LogP contribution >= 0.6 is 0 Å². The average Bonchev–Trinajstić information content (AvgIpc) is 2.55. The number of para-hydroxylation sites is 1. The Morgan fingerprint density at radius 2 is 2.19 bits per heavy atom. The summed E-state index contributed by atoms with van der Waals surface area (Å²) in [6, 6.07) is 5.97. The van der Waals surface area contributed by atoms with E-state index < -0.39 is 0 Å². The van der Waals surface area contributed by atoms with Gasteiger partial charge in [0, 0.05) is 12.6 Å². The monoisotopic (exact) mass is 290 g/mol. The minimum atomic E-state index is -0.0897. The lowest BCUT2D eigenvalue weighted by molar-refractivity contribution is 0.0940. The molecule has 1 atom stereocenters. The summed E-state index contributed by atoms with van der Waals surface area (Å²) >= 11 is 0. The van der Waals surface area contributed by atoms with Crippen molar-refractivity contribution >= 4 is 5.91 Å². The first-order chi connectivity index (χ1) is 10.3. The molecule has 1 amide bonds. The van der Waals surface area contributed by atoms with Gasteiger partial charge in [-0.3, -0.25) is 4.79 Å². The van der Waals surface area contributed by atoms with Crippen molar-refractivity contribution in [2.75, 3.05) is 26.3 Å². The Balaban J connectivity index is 1.55. The number of benzene rings is 1. The summed E-state index contributed by atoms with van der Waals surface area (Å²) in [5, 5.41) is 6.47. The molecule has 5 heteroatoms. The van der Waals surface area contributed by atoms with E-state index in [-0.39, 0.29) is 5.91 Å². The first kappa shape index (κ1) is 14.2. The zero-order valence-corrected chi connectivity index (χ0v) is 12.2. The summed E-state index contributed by atoms with van der Waals surface area (Å²) in [5.74, 6) is 1.13. The van der Waals surface area contributed by atoms with E-state index in [1.807, 2.05) is 12.1 Å². The number of ether oxygens (including phenoxy) is 2. The molecule has 0 spiro atoms. The Morgan fingerprint density at radius 1 is 1.29 bits per heavy atom. The third kappa shape index (κ3) is 3.47. The standard InChI is InChI=1S/C16H22N2O3/c19-16(18-9-7-12-4-1-2-8-17-12)13-5-3-6-14-15(13)21-11-10-20-14/h3,5-6,12,17H,1-2,4,7-11H2,(H,18,19). The summed E-state index contributed by atoms with van der Waals surface area (Å²) in [7, 11) is 0. The van der Waals surface area contributed by atoms with Crippen LogP contribution in [0.5, 0.6) is 11.5 Å². The maximum atomic E-state index is 12.3. The fraction of sp³-hybridized carbons (Fsp3) is 0.562. The smallest absolute Gasteiger partial charge is 0.255 e. The third-order valence-corrected chi connectivity index (χ3v) is 4.00. The van der Waals surface area contributed by atoms with Gasteiger partial charge in [0.2, 0.25) is 0 Å². The van der Waals surface area contributed by atoms with Crippen molar-refractivity contribution in [1.82, 2.24) is 10.6 Å². The zero-order valence-electron chi connectivity index (χ0n) is 12.2. The van der Waals surface area contributed by atoms with Crippen molar-refractivity contribution in [3.05, 3.63) is 23.8 Å². The Labute approximate surface area is 125 Å². The van der Waals surface area contributed by atoms with E-state index in [1.165, 1.54) is 19.3 Å². The molecule has 1 fully saturated rings. The molecular formula is C16H22N2O3. The van der Waals surface area contributed by atoms with Crippen LogP contribution in [-0.4, -0.2) is 38.3 Å². The van der Waals surface area contributed by atoms with Gasteiger partial charge in [0.25, 0.3) is 5.91 Å². The van der Waals surface area contributed by atoms with Gasteiger partial charge in [-0.05, 0) is 37.9 Å². The van der Waals surface area contributed by atoms with Crippen LogP contribution in [0, 0.1) is 0 Å². The lowest BCUT2D eigenvalue weighted by Gasteiger charge is -2.23. The van der Waals surface area contributed by atoms with Crippen LogP contribution < -0.4 is 20.1 Å². The maximum Gasteiger partial charge on any atom is 0.255 e. The van der Waals surface area contributed by atoms with Crippen LogP contribution in [-0.2, 0) is 0 Å². The molecule has 114 valence electrons. The van der Waals surface area contributed by atoms with Crippen LogP contribution in [0.1, 0.15) is 36.0 Å². The predicted octanol–water partition coefficient (Wildman–Crippen LogP) is 1.72. The molecule has 0 bridgehead atoms. The molecule has 1 aromatic carbocycles. The van der Waals surface area contributed by atoms with Crippen molar-refractivity contribution in [1.29, 1.82) is 0 Å². The van der Waals surface area contributed by atoms with Crippen LogP contribution in [0.3, 0.4) is 0 Å². The Hall–Kier alpha value is -1.75. The maximum absolute atomic E-state index is 12.3. The Kier molecular flexibility index (Phi) is 4.60. The van der Waals surface area contributed by atoms with Gasteiger partial charge in [-0.2, -0.15) is 0 Å². The van der Waals surface area contributed by atoms with Gasteiger partial charge in [0.05, 0.1) is 5.56 Å². The molecule has 1 saturated heterocycles. The number of hydrogen-bond acceptors (Lipinski definition) is 4. The summed E-state index contributed by atoms with van der Waals surface area (Å²) in [6.07, 6.45) is 4.71. The van der Waals surface area contributed by atoms with E-state index in [1.54, 1.807) is 6.07 Å². The molecular weight excluding hydrogens is 268 g/mol. The fourth-order valence-corrected chi connectivity index (χ4v) is 2.88. The Morgan fingerprint density at radius 3 is 3.05 bits per heavy atom. The van der Waals surface area contributed by atoms with E-state index in [0.717, 1.165) is 13.0 Å². The number of fused-ring (bicyclic) bond motifs is 1. The number of piperidine rings is 1. The minimum Gasteiger partial charge on any atom is -0.486 e. The number of amides is 1. The topological polar surface area (TPSA) is 59.6 Å². The van der Waals surface area contributed by atoms with Gasteiger partial charge in [-0.1, -0.05) is 12.5 Å². The Bertz CT molecular complexity index is 498. The molecule has 2 aliphatic heterocycles. The van der Waals surface area contributed by atoms with E-state index in [4.69, 9.17) is 9.47 Å². The molecule has 1 unspecified atom stereocenters. The molecule has 3 rings (SSSR count). The highest BCUT2D eigenvalue weighted by Crippen LogP contribution is 2.33. The largest absolute Gasteiger partial charge is 0.486 e. The quantitative estimate of drug-likeness (QED) is 0.886. The molecule has 0 radical (unpaired) electrons. The third-order valence-electron chi connectivity index (χ3n) is 4.00. The van der Waals surface area contributed by atoms with Crippen LogP contribution in [0.15, 0.2) is 18.2 Å². The molecule has 2 N–H and O–H groups in total. The van der Waals surface area contributed by atoms with Gasteiger partial charge in [-0.25, -0.2) is 0 Å². The molecule has 2 heterocycles. The lowest BCUT2D eigenvalue weighted by Crippen LogP contribution is -2.37. The van der Waals surface area contributed by atoms with Gasteiger partial charge in [-0.15, -0.1) is 0 Å². The summed E-state index contributed by atoms with van der Waals surface area (Å²) < 4.78 is 11.1. The van der Waals surface area contributed by atoms with Crippen LogP contribution in [0.25, 0.3) is 0 Å². The van der Waals surface area contributed by atoms with Crippen molar-refractivity contribution in [2.24, 2.45) is 0 Å². The summed E-state index contributed by atoms with van der Waals surface area (Å²) in [5.41, 5.74) is 0.559. The van der Waals surface area contributed by atoms with Gasteiger partial charge in [0.1, 0.15) is 13.2 Å². The van der Waals surface area contributed by atoms with Crippen molar-refractivity contribution in [3.8, 4) is 11.5 Å². The van der Waals surface area contributed by atoms with Gasteiger partial charge < -0.3 is 20.1 Å². The molecule has 0 aromatic heterocycles. The predicted molar refractivity (Wildman–Crippen MR) is 80.0 cm³/mol. The highest BCUT2D eigenvalue weighted by Gasteiger charge is 2.20. The highest BCUT2D eigenvalue weighted by molar-refractivity contribution is 5.97. The normalized spacial score (nSPS) is 20.9. The number of carbonyl (C=O) groups is 1. The van der Waals surface area contributed by atoms with Crippen molar-refractivity contribution in [2.45, 2.75) is 31.7 Å². The van der Waals surface area contributed by atoms with E-state index >= 15 is 0 Å². The van der Waals surface area contributed by atoms with Crippen LogP contribution in [0.2, 0.25) is 0 Å². The first-order valence-corrected chi connectivity index (χ1v) is 7.75. The highest BCUT2D eigenvalue weighted by atomic mass is 16.6. The number of rotatable bonds is 4. The minimum absolute atomic E-state index is 0.0897. The number of nitrogens with one attached hydrogen (secondary N) is 2. The van der Waals surface area contributed by atoms with Gasteiger partial charge in [0.15, 0.2) is 11.5 Å². The van der Waals surface area contributed by atoms with E-state index in [9.17, 15) is 4.79 Å². The fourth-order valence-electron chi connectivity index (χ4n) is 2.88. The van der Waals surface area contributed by atoms with Crippen molar-refractivity contribution in [3.63, 3.8) is 0 Å². The molecule has 21 heavy (non-hydrogen) atoms. The second-order valence-electron chi connectivity index (χ2n) is 5.52. The second-order valence-corrected chi connectivity index (χ2v) is 5.52. The van der Waals surface area contributed by atoms with E-state index in [0.29, 0.717) is 42.9 Å². The molecule has 2 aliphatic rings. The average molecular weight is 290 g/mol. The molecule has 0 saturated carbocycles. The second kappa shape index (κ2) is 6.80. The lowest BCUT2D eigenvalue weighted by atomic mass is 10.0. The molecule has 1 aromatic rings. The zero-order chi connectivity index (χ0) is 14.5. The number of carbonyl (C=O) groups excluding carboxylic acids is 1. The SMILES string of the molecule is O=C(NCCC1CCCCN1)c1cccc2c1OCCO2. The van der Waals surface area contributed by atoms with Crippen LogP contribution in [0.4, 0.5) is 0 Å². The summed E-state index contributed by atoms with van der Waals surface area (Å²) in [6.45, 7) is 2.80.